The lowest BCUT2D eigenvalue weighted by Crippen LogP contribution is -2.26. The Kier molecular flexibility index (Phi) is 2.87. The molecule has 0 radical (unpaired) electrons. The lowest BCUT2D eigenvalue weighted by molar-refractivity contribution is -0.0819. The highest BCUT2D eigenvalue weighted by Crippen LogP contribution is 2.33. The average Bonchev–Trinajstić information content (AvgIpc) is 2.42. The molecule has 18 heavy (non-hydrogen) atoms. The molecule has 0 saturated carbocycles. The Balaban J connectivity index is 2.09. The van der Waals surface area contributed by atoms with Gasteiger partial charge in [-0.15, -0.1) is 0 Å². The Morgan fingerprint density at radius 3 is 3.11 bits per heavy atom. The number of nitrogens with zero attached hydrogens (tertiary/aromatic N) is 1. The fourth-order valence-corrected chi connectivity index (χ4v) is 2.38. The highest BCUT2D eigenvalue weighted by molar-refractivity contribution is 5.51. The third-order valence-corrected chi connectivity index (χ3v) is 3.23. The second kappa shape index (κ2) is 4.67. The summed E-state index contributed by atoms with van der Waals surface area (Å²) in [4.78, 5) is 0. The Morgan fingerprint density at radius 1 is 1.28 bits per heavy atom. The number of fused-ring (bicyclic) bond motifs is 2. The van der Waals surface area contributed by atoms with Crippen LogP contribution in [0.5, 0.6) is 0 Å². The Morgan fingerprint density at radius 2 is 2.22 bits per heavy atom. The molecule has 2 aliphatic carbocycles. The monoisotopic (exact) mass is 239 g/mol. The summed E-state index contributed by atoms with van der Waals surface area (Å²) >= 11 is 0. The molecule has 0 amide bonds. The van der Waals surface area contributed by atoms with Gasteiger partial charge in [-0.1, -0.05) is 36.5 Å². The fourth-order valence-electron chi connectivity index (χ4n) is 2.38. The zero-order chi connectivity index (χ0) is 12.4. The maximum absolute atomic E-state index is 8.99. The summed E-state index contributed by atoms with van der Waals surface area (Å²) in [5.41, 5.74) is 3.43. The maximum Gasteiger partial charge on any atom is 0.290 e. The third-order valence-electron chi connectivity index (χ3n) is 3.23. The lowest BCUT2D eigenvalue weighted by atomic mass is 9.87. The quantitative estimate of drug-likeness (QED) is 0.652. The maximum atomic E-state index is 8.99. The summed E-state index contributed by atoms with van der Waals surface area (Å²) in [5, 5.41) is 8.99. The molecule has 0 aromatic carbocycles. The smallest absolute Gasteiger partial charge is 0.290 e. The Hall–Kier alpha value is -2.05. The van der Waals surface area contributed by atoms with E-state index in [0.717, 1.165) is 24.0 Å². The van der Waals surface area contributed by atoms with Crippen molar-refractivity contribution >= 4 is 0 Å². The van der Waals surface area contributed by atoms with Crippen molar-refractivity contribution in [3.8, 4) is 6.07 Å². The molecule has 0 aromatic rings. The largest absolute Gasteiger partial charge is 0.459 e. The van der Waals surface area contributed by atoms with E-state index in [1.165, 1.54) is 5.57 Å². The first kappa shape index (κ1) is 11.1. The van der Waals surface area contributed by atoms with Gasteiger partial charge in [-0.3, -0.25) is 0 Å². The van der Waals surface area contributed by atoms with E-state index in [9.17, 15) is 0 Å². The molecule has 0 aromatic heterocycles. The summed E-state index contributed by atoms with van der Waals surface area (Å²) in [6.45, 7) is 0. The van der Waals surface area contributed by atoms with Gasteiger partial charge in [-0.25, -0.2) is 0 Å². The van der Waals surface area contributed by atoms with Crippen molar-refractivity contribution in [1.29, 1.82) is 5.26 Å². The van der Waals surface area contributed by atoms with E-state index < -0.39 is 6.29 Å². The van der Waals surface area contributed by atoms with Gasteiger partial charge in [0, 0.05) is 5.57 Å². The molecule has 2 atom stereocenters. The molecule has 3 nitrogen and oxygen atoms in total. The van der Waals surface area contributed by atoms with E-state index in [2.05, 4.69) is 18.2 Å². The average molecular weight is 239 g/mol. The summed E-state index contributed by atoms with van der Waals surface area (Å²) in [5.74, 6) is 0. The van der Waals surface area contributed by atoms with Gasteiger partial charge in [-0.05, 0) is 24.0 Å². The van der Waals surface area contributed by atoms with Crippen LogP contribution < -0.4 is 0 Å². The standard InChI is InChI=1S/C15H13NO2/c16-9-15-17-10-11-5-1-2-6-12(11)13-7-3-4-8-14(13)18-15/h1,3-5,7-8,10,14-15H,2,6H2/b11-10?,13-12-. The number of hydrogen-bond donors (Lipinski definition) is 0. The van der Waals surface area contributed by atoms with Crippen LogP contribution >= 0.6 is 0 Å². The molecule has 0 spiro atoms. The first-order valence-corrected chi connectivity index (χ1v) is 6.04. The van der Waals surface area contributed by atoms with E-state index in [-0.39, 0.29) is 6.10 Å². The van der Waals surface area contributed by atoms with E-state index in [4.69, 9.17) is 14.7 Å². The molecule has 0 N–H and O–H groups in total. The van der Waals surface area contributed by atoms with Crippen molar-refractivity contribution in [2.75, 3.05) is 0 Å². The molecular weight excluding hydrogens is 226 g/mol. The minimum atomic E-state index is -0.856. The normalized spacial score (nSPS) is 33.4. The zero-order valence-corrected chi connectivity index (χ0v) is 9.87. The highest BCUT2D eigenvalue weighted by Gasteiger charge is 2.25. The second-order valence-corrected chi connectivity index (χ2v) is 4.35. The molecule has 90 valence electrons. The van der Waals surface area contributed by atoms with Gasteiger partial charge in [0.25, 0.3) is 6.29 Å². The minimum absolute atomic E-state index is 0.190. The van der Waals surface area contributed by atoms with Crippen LogP contribution in [0.2, 0.25) is 0 Å². The first-order valence-electron chi connectivity index (χ1n) is 6.04. The van der Waals surface area contributed by atoms with Gasteiger partial charge in [-0.2, -0.15) is 5.26 Å². The van der Waals surface area contributed by atoms with Gasteiger partial charge >= 0.3 is 0 Å². The SMILES string of the molecule is N#CC1OC=C2C=CCC/C2=C2\C=CC=CC2O1. The number of allylic oxidation sites excluding steroid dienone is 6. The molecule has 1 heterocycles. The number of rotatable bonds is 0. The van der Waals surface area contributed by atoms with Crippen LogP contribution in [0.3, 0.4) is 0 Å². The Bertz CT molecular complexity index is 543. The number of nitriles is 1. The van der Waals surface area contributed by atoms with Gasteiger partial charge < -0.3 is 9.47 Å². The molecular formula is C15H13NO2. The zero-order valence-electron chi connectivity index (χ0n) is 9.87. The van der Waals surface area contributed by atoms with Crippen LogP contribution in [0.1, 0.15) is 12.8 Å². The van der Waals surface area contributed by atoms with Crippen molar-refractivity contribution in [3.05, 3.63) is 59.4 Å². The molecule has 1 aliphatic heterocycles. The molecule has 0 bridgehead atoms. The van der Waals surface area contributed by atoms with Crippen LogP contribution in [0.15, 0.2) is 59.4 Å². The van der Waals surface area contributed by atoms with Crippen LogP contribution in [-0.4, -0.2) is 12.4 Å². The predicted octanol–water partition coefficient (Wildman–Crippen LogP) is 2.91. The van der Waals surface area contributed by atoms with Crippen molar-refractivity contribution in [1.82, 2.24) is 0 Å². The first-order chi connectivity index (χ1) is 8.88. The molecule has 0 fully saturated rings. The van der Waals surface area contributed by atoms with E-state index in [0.29, 0.717) is 0 Å². The summed E-state index contributed by atoms with van der Waals surface area (Å²) in [6, 6.07) is 2.01. The highest BCUT2D eigenvalue weighted by atomic mass is 16.7. The van der Waals surface area contributed by atoms with E-state index >= 15 is 0 Å². The van der Waals surface area contributed by atoms with E-state index in [1.54, 1.807) is 6.26 Å². The number of ether oxygens (including phenoxy) is 2. The van der Waals surface area contributed by atoms with Crippen LogP contribution in [0, 0.1) is 11.3 Å². The predicted molar refractivity (Wildman–Crippen MR) is 67.1 cm³/mol. The number of hydrogen-bond acceptors (Lipinski definition) is 3. The molecule has 0 saturated heterocycles. The van der Waals surface area contributed by atoms with Gasteiger partial charge in [0.05, 0.1) is 6.26 Å². The summed E-state index contributed by atoms with van der Waals surface area (Å²) in [7, 11) is 0. The minimum Gasteiger partial charge on any atom is -0.459 e. The van der Waals surface area contributed by atoms with Crippen LogP contribution in [0.4, 0.5) is 0 Å². The van der Waals surface area contributed by atoms with Gasteiger partial charge in [0.15, 0.2) is 0 Å². The van der Waals surface area contributed by atoms with Gasteiger partial charge in [0.2, 0.25) is 0 Å². The molecule has 2 unspecified atom stereocenters. The van der Waals surface area contributed by atoms with Crippen molar-refractivity contribution in [2.24, 2.45) is 0 Å². The topological polar surface area (TPSA) is 42.2 Å². The summed E-state index contributed by atoms with van der Waals surface area (Å²) in [6.07, 6.45) is 14.7. The molecule has 3 rings (SSSR count). The summed E-state index contributed by atoms with van der Waals surface area (Å²) < 4.78 is 11.0. The van der Waals surface area contributed by atoms with Crippen molar-refractivity contribution < 1.29 is 9.47 Å². The fraction of sp³-hybridized carbons (Fsp3) is 0.267. The van der Waals surface area contributed by atoms with Gasteiger partial charge in [0.1, 0.15) is 12.2 Å². The van der Waals surface area contributed by atoms with Crippen LogP contribution in [0.25, 0.3) is 0 Å². The molecule has 3 heteroatoms. The lowest BCUT2D eigenvalue weighted by Gasteiger charge is -2.27. The third kappa shape index (κ3) is 1.92. The Labute approximate surface area is 106 Å². The van der Waals surface area contributed by atoms with Crippen molar-refractivity contribution in [3.63, 3.8) is 0 Å². The van der Waals surface area contributed by atoms with Crippen molar-refractivity contribution in [2.45, 2.75) is 25.2 Å². The second-order valence-electron chi connectivity index (χ2n) is 4.35. The molecule has 3 aliphatic rings. The van der Waals surface area contributed by atoms with E-state index in [1.807, 2.05) is 24.3 Å². The van der Waals surface area contributed by atoms with Crippen LogP contribution in [-0.2, 0) is 9.47 Å².